The molecule has 0 fully saturated rings. The normalized spacial score (nSPS) is 12.5. The van der Waals surface area contributed by atoms with Crippen LogP contribution in [0.25, 0.3) is 22.3 Å². The summed E-state index contributed by atoms with van der Waals surface area (Å²) in [4.78, 5) is 35.3. The minimum Gasteiger partial charge on any atom is -0.443 e. The molecule has 3 aromatic rings. The summed E-state index contributed by atoms with van der Waals surface area (Å²) in [6.45, 7) is 13.8. The van der Waals surface area contributed by atoms with Crippen molar-refractivity contribution in [3.05, 3.63) is 35.7 Å². The molecule has 2 heterocycles. The maximum atomic E-state index is 12.9. The van der Waals surface area contributed by atoms with E-state index in [9.17, 15) is 14.7 Å². The number of carbonyl (C=O) groups excluding carboxylic acids is 2. The number of fused-ring (bicyclic) bond motifs is 1. The SMILES string of the molecule is CC(C)(O)Cn1ncc2c(-c3ccc(N(C(=O)OC(C)(C)C)C(=O)OC(C)(C)C)cc3)nc(Cl)nc21. The molecule has 1 aromatic carbocycles. The molecule has 3 rings (SSSR count). The average Bonchev–Trinajstić information content (AvgIpc) is 3.06. The Morgan fingerprint density at radius 1 is 0.944 bits per heavy atom. The molecule has 36 heavy (non-hydrogen) atoms. The first kappa shape index (κ1) is 27.3. The number of aromatic nitrogens is 4. The molecule has 0 atom stereocenters. The van der Waals surface area contributed by atoms with Gasteiger partial charge in [-0.25, -0.2) is 19.3 Å². The summed E-state index contributed by atoms with van der Waals surface area (Å²) in [7, 11) is 0. The number of benzene rings is 1. The van der Waals surface area contributed by atoms with Gasteiger partial charge in [0.25, 0.3) is 0 Å². The summed E-state index contributed by atoms with van der Waals surface area (Å²) >= 11 is 6.21. The lowest BCUT2D eigenvalue weighted by Gasteiger charge is -2.28. The predicted octanol–water partition coefficient (Wildman–Crippen LogP) is 5.59. The summed E-state index contributed by atoms with van der Waals surface area (Å²) in [5.74, 6) is 0. The molecule has 1 N–H and O–H groups in total. The van der Waals surface area contributed by atoms with Crippen molar-refractivity contribution in [2.24, 2.45) is 0 Å². The molecule has 0 spiro atoms. The highest BCUT2D eigenvalue weighted by molar-refractivity contribution is 6.28. The molecule has 0 aliphatic heterocycles. The van der Waals surface area contributed by atoms with Crippen LogP contribution in [-0.2, 0) is 16.0 Å². The van der Waals surface area contributed by atoms with E-state index < -0.39 is 29.0 Å². The zero-order valence-corrected chi connectivity index (χ0v) is 22.5. The fraction of sp³-hybridized carbons (Fsp3) is 0.480. The first-order valence-electron chi connectivity index (χ1n) is 11.4. The molecule has 0 aliphatic rings. The molecule has 10 nitrogen and oxygen atoms in total. The van der Waals surface area contributed by atoms with Gasteiger partial charge in [0, 0.05) is 5.56 Å². The molecule has 11 heteroatoms. The largest absolute Gasteiger partial charge is 0.443 e. The Labute approximate surface area is 215 Å². The zero-order valence-electron chi connectivity index (χ0n) is 21.8. The Hall–Kier alpha value is -3.24. The van der Waals surface area contributed by atoms with Crippen LogP contribution in [-0.4, -0.2) is 53.8 Å². The number of amides is 2. The minimum absolute atomic E-state index is 0.0169. The van der Waals surface area contributed by atoms with Crippen LogP contribution in [0.4, 0.5) is 15.3 Å². The lowest BCUT2D eigenvalue weighted by atomic mass is 10.1. The minimum atomic E-state index is -1.01. The summed E-state index contributed by atoms with van der Waals surface area (Å²) in [5.41, 5.74) is -0.737. The van der Waals surface area contributed by atoms with Crippen molar-refractivity contribution >= 4 is 40.5 Å². The number of imide groups is 1. The monoisotopic (exact) mass is 517 g/mol. The smallest absolute Gasteiger partial charge is 0.424 e. The van der Waals surface area contributed by atoms with E-state index in [1.165, 1.54) is 0 Å². The van der Waals surface area contributed by atoms with Gasteiger partial charge >= 0.3 is 12.2 Å². The van der Waals surface area contributed by atoms with Gasteiger partial charge in [-0.15, -0.1) is 0 Å². The Balaban J connectivity index is 2.02. The van der Waals surface area contributed by atoms with Crippen molar-refractivity contribution in [2.75, 3.05) is 4.90 Å². The van der Waals surface area contributed by atoms with Gasteiger partial charge < -0.3 is 14.6 Å². The average molecular weight is 518 g/mol. The van der Waals surface area contributed by atoms with E-state index in [1.54, 1.807) is 90.5 Å². The second-order valence-electron chi connectivity index (χ2n) is 11.0. The van der Waals surface area contributed by atoms with Gasteiger partial charge in [0.1, 0.15) is 11.2 Å². The summed E-state index contributed by atoms with van der Waals surface area (Å²) < 4.78 is 12.4. The van der Waals surface area contributed by atoms with Crippen LogP contribution in [0.2, 0.25) is 5.28 Å². The van der Waals surface area contributed by atoms with Crippen LogP contribution in [0.1, 0.15) is 55.4 Å². The molecule has 2 amide bonds. The van der Waals surface area contributed by atoms with Gasteiger partial charge in [-0.3, -0.25) is 0 Å². The number of hydrogen-bond donors (Lipinski definition) is 1. The Kier molecular flexibility index (Phi) is 7.34. The molecular weight excluding hydrogens is 486 g/mol. The zero-order chi connectivity index (χ0) is 27.1. The molecule has 0 saturated carbocycles. The highest BCUT2D eigenvalue weighted by atomic mass is 35.5. The van der Waals surface area contributed by atoms with Crippen LogP contribution in [0, 0.1) is 0 Å². The molecule has 0 unspecified atom stereocenters. The molecule has 2 aromatic heterocycles. The van der Waals surface area contributed by atoms with Crippen molar-refractivity contribution in [3.8, 4) is 11.3 Å². The molecule has 0 aliphatic carbocycles. The van der Waals surface area contributed by atoms with Crippen LogP contribution in [0.15, 0.2) is 30.5 Å². The van der Waals surface area contributed by atoms with Crippen molar-refractivity contribution in [1.82, 2.24) is 19.7 Å². The van der Waals surface area contributed by atoms with E-state index in [0.29, 0.717) is 22.3 Å². The van der Waals surface area contributed by atoms with E-state index in [-0.39, 0.29) is 17.5 Å². The molecule has 0 radical (unpaired) electrons. The maximum absolute atomic E-state index is 12.9. The van der Waals surface area contributed by atoms with Crippen molar-refractivity contribution in [2.45, 2.75) is 78.7 Å². The van der Waals surface area contributed by atoms with Crippen molar-refractivity contribution < 1.29 is 24.2 Å². The number of halogens is 1. The first-order chi connectivity index (χ1) is 16.4. The van der Waals surface area contributed by atoms with Gasteiger partial charge in [-0.2, -0.15) is 15.0 Å². The quantitative estimate of drug-likeness (QED) is 0.444. The highest BCUT2D eigenvalue weighted by Gasteiger charge is 2.32. The van der Waals surface area contributed by atoms with Crippen LogP contribution < -0.4 is 4.90 Å². The topological polar surface area (TPSA) is 120 Å². The molecule has 0 bridgehead atoms. The van der Waals surface area contributed by atoms with E-state index in [0.717, 1.165) is 4.90 Å². The summed E-state index contributed by atoms with van der Waals surface area (Å²) in [6.07, 6.45) is -0.108. The number of ether oxygens (including phenoxy) is 2. The number of rotatable bonds is 4. The first-order valence-corrected chi connectivity index (χ1v) is 11.8. The highest BCUT2D eigenvalue weighted by Crippen LogP contribution is 2.30. The van der Waals surface area contributed by atoms with Gasteiger partial charge in [-0.1, -0.05) is 12.1 Å². The second-order valence-corrected chi connectivity index (χ2v) is 11.4. The number of carbonyl (C=O) groups is 2. The number of nitrogens with zero attached hydrogens (tertiary/aromatic N) is 5. The predicted molar refractivity (Wildman–Crippen MR) is 137 cm³/mol. The second kappa shape index (κ2) is 9.67. The Bertz CT molecular complexity index is 1240. The third kappa shape index (κ3) is 6.92. The standard InChI is InChI=1S/C25H32ClN5O5/c1-23(2,3)35-21(32)31(22(33)36-24(4,5)6)16-11-9-15(10-12-16)18-17-13-27-30(14-25(7,8)34)19(17)29-20(26)28-18/h9-13,34H,14H2,1-8H3. The van der Waals surface area contributed by atoms with E-state index >= 15 is 0 Å². The fourth-order valence-electron chi connectivity index (χ4n) is 3.30. The summed E-state index contributed by atoms with van der Waals surface area (Å²) in [5, 5.41) is 15.2. The number of hydrogen-bond acceptors (Lipinski definition) is 8. The fourth-order valence-corrected chi connectivity index (χ4v) is 3.46. The van der Waals surface area contributed by atoms with Crippen molar-refractivity contribution in [1.29, 1.82) is 0 Å². The number of anilines is 1. The molecular formula is C25H32ClN5O5. The van der Waals surface area contributed by atoms with E-state index in [4.69, 9.17) is 21.1 Å². The lowest BCUT2D eigenvalue weighted by molar-refractivity contribution is 0.0430. The molecule has 194 valence electrons. The Morgan fingerprint density at radius 2 is 1.47 bits per heavy atom. The Morgan fingerprint density at radius 3 is 1.94 bits per heavy atom. The van der Waals surface area contributed by atoms with E-state index in [1.807, 2.05) is 0 Å². The summed E-state index contributed by atoms with van der Waals surface area (Å²) in [6, 6.07) is 6.57. The van der Waals surface area contributed by atoms with Gasteiger partial charge in [0.05, 0.1) is 35.1 Å². The maximum Gasteiger partial charge on any atom is 0.424 e. The third-order valence-corrected chi connectivity index (χ3v) is 4.73. The van der Waals surface area contributed by atoms with Crippen molar-refractivity contribution in [3.63, 3.8) is 0 Å². The van der Waals surface area contributed by atoms with Crippen LogP contribution in [0.5, 0.6) is 0 Å². The molecule has 0 saturated heterocycles. The number of aliphatic hydroxyl groups is 1. The van der Waals surface area contributed by atoms with E-state index in [2.05, 4.69) is 15.1 Å². The van der Waals surface area contributed by atoms with Crippen LogP contribution >= 0.6 is 11.6 Å². The van der Waals surface area contributed by atoms with Gasteiger partial charge in [0.15, 0.2) is 5.65 Å². The lowest BCUT2D eigenvalue weighted by Crippen LogP contribution is -2.43. The van der Waals surface area contributed by atoms with Gasteiger partial charge in [-0.05, 0) is 79.1 Å². The van der Waals surface area contributed by atoms with Crippen LogP contribution in [0.3, 0.4) is 0 Å². The third-order valence-electron chi connectivity index (χ3n) is 4.56. The van der Waals surface area contributed by atoms with Gasteiger partial charge in [0.2, 0.25) is 5.28 Å².